The molecule has 2 fully saturated rings. The van der Waals surface area contributed by atoms with Crippen molar-refractivity contribution in [3.05, 3.63) is 18.0 Å². The highest BCUT2D eigenvalue weighted by atomic mass is 16.2. The van der Waals surface area contributed by atoms with Gasteiger partial charge in [-0.25, -0.2) is 0 Å². The van der Waals surface area contributed by atoms with Gasteiger partial charge in [0.05, 0.1) is 12.1 Å². The van der Waals surface area contributed by atoms with Crippen LogP contribution in [0.3, 0.4) is 0 Å². The summed E-state index contributed by atoms with van der Waals surface area (Å²) in [5.41, 5.74) is 1.07. The average Bonchev–Trinajstić information content (AvgIpc) is 3.19. The SMILES string of the molecule is CC(C)N1CCC(NC(=O)[C@H]2CNC[C@@H]2c2cnn(C)c2)C1=O. The molecule has 0 aliphatic carbocycles. The fourth-order valence-electron chi connectivity index (χ4n) is 3.56. The first-order valence-corrected chi connectivity index (χ1v) is 8.27. The zero-order valence-electron chi connectivity index (χ0n) is 14.0. The molecule has 0 radical (unpaired) electrons. The number of amides is 2. The first kappa shape index (κ1) is 16.0. The Morgan fingerprint density at radius 2 is 2.22 bits per heavy atom. The molecule has 2 aliphatic heterocycles. The molecule has 3 atom stereocenters. The van der Waals surface area contributed by atoms with Gasteiger partial charge in [0.2, 0.25) is 11.8 Å². The topological polar surface area (TPSA) is 79.3 Å². The van der Waals surface area contributed by atoms with Gasteiger partial charge in [0.15, 0.2) is 0 Å². The van der Waals surface area contributed by atoms with Crippen LogP contribution in [0, 0.1) is 5.92 Å². The van der Waals surface area contributed by atoms with Gasteiger partial charge in [-0.05, 0) is 25.8 Å². The fraction of sp³-hybridized carbons (Fsp3) is 0.688. The molecule has 2 aliphatic rings. The molecule has 0 saturated carbocycles. The summed E-state index contributed by atoms with van der Waals surface area (Å²) < 4.78 is 1.75. The number of carbonyl (C=O) groups excluding carboxylic acids is 2. The molecule has 0 aromatic carbocycles. The molecule has 0 spiro atoms. The Balaban J connectivity index is 1.65. The second-order valence-electron chi connectivity index (χ2n) is 6.79. The van der Waals surface area contributed by atoms with Crippen LogP contribution in [0.4, 0.5) is 0 Å². The molecular weight excluding hydrogens is 294 g/mol. The molecule has 1 aromatic rings. The summed E-state index contributed by atoms with van der Waals surface area (Å²) in [7, 11) is 1.87. The van der Waals surface area contributed by atoms with E-state index in [4.69, 9.17) is 0 Å². The number of hydrogen-bond acceptors (Lipinski definition) is 4. The van der Waals surface area contributed by atoms with Gasteiger partial charge in [-0.3, -0.25) is 14.3 Å². The lowest BCUT2D eigenvalue weighted by molar-refractivity contribution is -0.134. The zero-order valence-corrected chi connectivity index (χ0v) is 14.0. The van der Waals surface area contributed by atoms with E-state index >= 15 is 0 Å². The maximum Gasteiger partial charge on any atom is 0.245 e. The molecule has 0 bridgehead atoms. The average molecular weight is 319 g/mol. The molecule has 126 valence electrons. The first-order chi connectivity index (χ1) is 11.0. The number of rotatable bonds is 4. The monoisotopic (exact) mass is 319 g/mol. The first-order valence-electron chi connectivity index (χ1n) is 8.27. The van der Waals surface area contributed by atoms with E-state index in [0.29, 0.717) is 13.0 Å². The maximum absolute atomic E-state index is 12.7. The van der Waals surface area contributed by atoms with Crippen molar-refractivity contribution in [3.8, 4) is 0 Å². The number of aromatic nitrogens is 2. The minimum atomic E-state index is -0.375. The van der Waals surface area contributed by atoms with Crippen LogP contribution in [0.5, 0.6) is 0 Å². The van der Waals surface area contributed by atoms with Crippen molar-refractivity contribution in [3.63, 3.8) is 0 Å². The van der Waals surface area contributed by atoms with Crippen LogP contribution < -0.4 is 10.6 Å². The van der Waals surface area contributed by atoms with Crippen LogP contribution in [0.15, 0.2) is 12.4 Å². The van der Waals surface area contributed by atoms with Gasteiger partial charge in [-0.15, -0.1) is 0 Å². The normalized spacial score (nSPS) is 27.9. The van der Waals surface area contributed by atoms with Crippen molar-refractivity contribution < 1.29 is 9.59 Å². The van der Waals surface area contributed by atoms with Gasteiger partial charge < -0.3 is 15.5 Å². The Hall–Kier alpha value is -1.89. The van der Waals surface area contributed by atoms with Crippen molar-refractivity contribution >= 4 is 11.8 Å². The highest BCUT2D eigenvalue weighted by Gasteiger charge is 2.39. The summed E-state index contributed by atoms with van der Waals surface area (Å²) in [5, 5.41) is 10.4. The number of nitrogens with one attached hydrogen (secondary N) is 2. The predicted molar refractivity (Wildman–Crippen MR) is 85.7 cm³/mol. The van der Waals surface area contributed by atoms with Crippen LogP contribution in [0.25, 0.3) is 0 Å². The number of carbonyl (C=O) groups is 2. The molecule has 2 saturated heterocycles. The summed E-state index contributed by atoms with van der Waals surface area (Å²) in [4.78, 5) is 26.8. The Morgan fingerprint density at radius 3 is 2.83 bits per heavy atom. The lowest BCUT2D eigenvalue weighted by Crippen LogP contribution is -2.46. The molecule has 1 unspecified atom stereocenters. The van der Waals surface area contributed by atoms with Gasteiger partial charge in [0.1, 0.15) is 6.04 Å². The predicted octanol–water partition coefficient (Wildman–Crippen LogP) is -0.151. The van der Waals surface area contributed by atoms with Crippen LogP contribution in [0.2, 0.25) is 0 Å². The van der Waals surface area contributed by atoms with Crippen molar-refractivity contribution in [1.29, 1.82) is 0 Å². The van der Waals surface area contributed by atoms with E-state index in [1.165, 1.54) is 0 Å². The number of likely N-dealkylation sites (tertiary alicyclic amines) is 1. The van der Waals surface area contributed by atoms with Crippen LogP contribution >= 0.6 is 0 Å². The van der Waals surface area contributed by atoms with Crippen LogP contribution in [-0.2, 0) is 16.6 Å². The highest BCUT2D eigenvalue weighted by molar-refractivity contribution is 5.90. The van der Waals surface area contributed by atoms with Gasteiger partial charge in [0, 0.05) is 44.8 Å². The van der Waals surface area contributed by atoms with Gasteiger partial charge >= 0.3 is 0 Å². The number of nitrogens with zero attached hydrogens (tertiary/aromatic N) is 3. The molecular formula is C16H25N5O2. The summed E-state index contributed by atoms with van der Waals surface area (Å²) in [6.45, 7) is 6.12. The summed E-state index contributed by atoms with van der Waals surface area (Å²) in [6.07, 6.45) is 4.47. The molecule has 7 nitrogen and oxygen atoms in total. The molecule has 3 rings (SSSR count). The lowest BCUT2D eigenvalue weighted by atomic mass is 9.90. The van der Waals surface area contributed by atoms with Crippen molar-refractivity contribution in [2.75, 3.05) is 19.6 Å². The van der Waals surface area contributed by atoms with Crippen molar-refractivity contribution in [1.82, 2.24) is 25.3 Å². The number of aryl methyl sites for hydroxylation is 1. The Labute approximate surface area is 136 Å². The van der Waals surface area contributed by atoms with E-state index in [9.17, 15) is 9.59 Å². The van der Waals surface area contributed by atoms with E-state index < -0.39 is 0 Å². The second-order valence-corrected chi connectivity index (χ2v) is 6.79. The van der Waals surface area contributed by atoms with E-state index in [-0.39, 0.29) is 35.7 Å². The molecule has 7 heteroatoms. The van der Waals surface area contributed by atoms with E-state index in [1.807, 2.05) is 38.2 Å². The van der Waals surface area contributed by atoms with Gasteiger partial charge in [-0.1, -0.05) is 0 Å². The third-order valence-electron chi connectivity index (χ3n) is 4.88. The Kier molecular flexibility index (Phi) is 4.39. The van der Waals surface area contributed by atoms with Gasteiger partial charge in [-0.2, -0.15) is 5.10 Å². The van der Waals surface area contributed by atoms with Crippen LogP contribution in [0.1, 0.15) is 31.7 Å². The molecule has 3 heterocycles. The van der Waals surface area contributed by atoms with Crippen molar-refractivity contribution in [2.45, 2.75) is 38.3 Å². The second kappa shape index (κ2) is 6.31. The minimum Gasteiger partial charge on any atom is -0.344 e. The Morgan fingerprint density at radius 1 is 1.43 bits per heavy atom. The smallest absolute Gasteiger partial charge is 0.245 e. The number of hydrogen-bond donors (Lipinski definition) is 2. The highest BCUT2D eigenvalue weighted by Crippen LogP contribution is 2.28. The van der Waals surface area contributed by atoms with Gasteiger partial charge in [0.25, 0.3) is 0 Å². The molecule has 23 heavy (non-hydrogen) atoms. The van der Waals surface area contributed by atoms with E-state index in [0.717, 1.165) is 18.7 Å². The molecule has 2 amide bonds. The van der Waals surface area contributed by atoms with E-state index in [1.54, 1.807) is 4.68 Å². The molecule has 2 N–H and O–H groups in total. The zero-order chi connectivity index (χ0) is 16.6. The van der Waals surface area contributed by atoms with Crippen LogP contribution in [-0.4, -0.2) is 58.2 Å². The lowest BCUT2D eigenvalue weighted by Gasteiger charge is -2.22. The Bertz CT molecular complexity index is 597. The summed E-state index contributed by atoms with van der Waals surface area (Å²) in [6, 6.07) is -0.194. The van der Waals surface area contributed by atoms with E-state index in [2.05, 4.69) is 15.7 Å². The maximum atomic E-state index is 12.7. The molecule has 1 aromatic heterocycles. The standard InChI is InChI=1S/C16H25N5O2/c1-10(2)21-5-4-14(16(21)23)19-15(22)13-8-17-7-12(13)11-6-18-20(3)9-11/h6,9-10,12-14,17H,4-5,7-8H2,1-3H3,(H,19,22)/t12-,13+,14?/m1/s1. The fourth-order valence-corrected chi connectivity index (χ4v) is 3.56. The summed E-state index contributed by atoms with van der Waals surface area (Å²) >= 11 is 0. The third-order valence-corrected chi connectivity index (χ3v) is 4.88. The third kappa shape index (κ3) is 3.10. The summed E-state index contributed by atoms with van der Waals surface area (Å²) in [5.74, 6) is -0.0356. The van der Waals surface area contributed by atoms with Crippen molar-refractivity contribution in [2.24, 2.45) is 13.0 Å². The minimum absolute atomic E-state index is 0.0344. The largest absolute Gasteiger partial charge is 0.344 e. The quantitative estimate of drug-likeness (QED) is 0.809.